The number of nitrogens with one attached hydrogen (secondary N) is 1. The van der Waals surface area contributed by atoms with Crippen LogP contribution in [0.1, 0.15) is 15.9 Å². The molecule has 0 unspecified atom stereocenters. The number of ether oxygens (including phenoxy) is 1. The zero-order chi connectivity index (χ0) is 15.4. The number of nitrogens with zero attached hydrogens (tertiary/aromatic N) is 2. The lowest BCUT2D eigenvalue weighted by Gasteiger charge is -2.07. The lowest BCUT2D eigenvalue weighted by Crippen LogP contribution is -2.13. The van der Waals surface area contributed by atoms with Gasteiger partial charge in [0.05, 0.1) is 19.0 Å². The molecule has 0 aliphatic carbocycles. The summed E-state index contributed by atoms with van der Waals surface area (Å²) in [6.07, 6.45) is 2.95. The Kier molecular flexibility index (Phi) is 4.22. The van der Waals surface area contributed by atoms with Crippen LogP contribution in [0.15, 0.2) is 30.6 Å². The third-order valence-corrected chi connectivity index (χ3v) is 2.96. The van der Waals surface area contributed by atoms with Gasteiger partial charge in [0.15, 0.2) is 0 Å². The number of aromatic nitrogens is 2. The first kappa shape index (κ1) is 14.6. The molecule has 0 atom stereocenters. The number of benzene rings is 1. The highest BCUT2D eigenvalue weighted by Gasteiger charge is 2.13. The first-order valence-electron chi connectivity index (χ1n) is 6.20. The van der Waals surface area contributed by atoms with Gasteiger partial charge in [0.1, 0.15) is 12.3 Å². The predicted molar refractivity (Wildman–Crippen MR) is 75.0 cm³/mol. The minimum atomic E-state index is -0.431. The van der Waals surface area contributed by atoms with Crippen LogP contribution in [0.25, 0.3) is 0 Å². The molecule has 1 aromatic carbocycles. The van der Waals surface area contributed by atoms with Gasteiger partial charge in [-0.05, 0) is 19.1 Å². The van der Waals surface area contributed by atoms with Crippen molar-refractivity contribution in [2.24, 2.45) is 0 Å². The van der Waals surface area contributed by atoms with Crippen molar-refractivity contribution in [2.75, 3.05) is 12.4 Å². The Morgan fingerprint density at radius 3 is 2.90 bits per heavy atom. The highest BCUT2D eigenvalue weighted by molar-refractivity contribution is 6.05. The van der Waals surface area contributed by atoms with Gasteiger partial charge in [0, 0.05) is 17.3 Å². The van der Waals surface area contributed by atoms with Crippen LogP contribution in [0.5, 0.6) is 5.75 Å². The number of carbonyl (C=O) groups is 2. The Hall–Kier alpha value is -2.83. The van der Waals surface area contributed by atoms with E-state index in [9.17, 15) is 14.7 Å². The molecule has 110 valence electrons. The van der Waals surface area contributed by atoms with Crippen molar-refractivity contribution in [1.82, 2.24) is 9.78 Å². The van der Waals surface area contributed by atoms with Crippen LogP contribution >= 0.6 is 0 Å². The van der Waals surface area contributed by atoms with Crippen LogP contribution in [-0.4, -0.2) is 33.9 Å². The van der Waals surface area contributed by atoms with Gasteiger partial charge >= 0.3 is 5.97 Å². The quantitative estimate of drug-likeness (QED) is 0.828. The number of anilines is 1. The number of rotatable bonds is 4. The summed E-state index contributed by atoms with van der Waals surface area (Å²) in [4.78, 5) is 23.2. The second-order valence-electron chi connectivity index (χ2n) is 4.41. The van der Waals surface area contributed by atoms with Gasteiger partial charge in [-0.25, -0.2) is 0 Å². The average molecular weight is 289 g/mol. The SMILES string of the molecule is COC(=O)Cn1cc(NC(=O)c2cccc(O)c2C)cn1. The Labute approximate surface area is 121 Å². The topological polar surface area (TPSA) is 93.5 Å². The van der Waals surface area contributed by atoms with E-state index in [1.807, 2.05) is 0 Å². The standard InChI is InChI=1S/C14H15N3O4/c1-9-11(4-3-5-12(9)18)14(20)16-10-6-15-17(7-10)8-13(19)21-2/h3-7,18H,8H2,1-2H3,(H,16,20). The van der Waals surface area contributed by atoms with Crippen LogP contribution in [0, 0.1) is 6.92 Å². The van der Waals surface area contributed by atoms with Crippen molar-refractivity contribution >= 4 is 17.6 Å². The summed E-state index contributed by atoms with van der Waals surface area (Å²) in [5.41, 5.74) is 1.32. The van der Waals surface area contributed by atoms with E-state index in [0.717, 1.165) is 0 Å². The van der Waals surface area contributed by atoms with Crippen LogP contribution in [0.4, 0.5) is 5.69 Å². The summed E-state index contributed by atoms with van der Waals surface area (Å²) < 4.78 is 5.89. The fraction of sp³-hybridized carbons (Fsp3) is 0.214. The number of methoxy groups -OCH3 is 1. The molecule has 0 aliphatic heterocycles. The molecule has 7 nitrogen and oxygen atoms in total. The molecule has 0 radical (unpaired) electrons. The maximum atomic E-state index is 12.1. The molecule has 0 spiro atoms. The van der Waals surface area contributed by atoms with Crippen molar-refractivity contribution in [3.05, 3.63) is 41.7 Å². The molecule has 2 aromatic rings. The zero-order valence-corrected chi connectivity index (χ0v) is 11.7. The lowest BCUT2D eigenvalue weighted by molar-refractivity contribution is -0.141. The number of hydrogen-bond donors (Lipinski definition) is 2. The highest BCUT2D eigenvalue weighted by Crippen LogP contribution is 2.20. The van der Waals surface area contributed by atoms with Gasteiger partial charge in [-0.1, -0.05) is 6.07 Å². The Morgan fingerprint density at radius 1 is 1.43 bits per heavy atom. The molecular weight excluding hydrogens is 274 g/mol. The van der Waals surface area contributed by atoms with E-state index in [-0.39, 0.29) is 18.2 Å². The molecular formula is C14H15N3O4. The normalized spacial score (nSPS) is 10.2. The molecule has 1 amide bonds. The van der Waals surface area contributed by atoms with E-state index in [4.69, 9.17) is 0 Å². The van der Waals surface area contributed by atoms with E-state index in [2.05, 4.69) is 15.2 Å². The van der Waals surface area contributed by atoms with Crippen LogP contribution in [-0.2, 0) is 16.1 Å². The van der Waals surface area contributed by atoms with E-state index < -0.39 is 5.97 Å². The summed E-state index contributed by atoms with van der Waals surface area (Å²) in [5.74, 6) is -0.732. The number of carbonyl (C=O) groups excluding carboxylic acids is 2. The number of phenolic OH excluding ortho intramolecular Hbond substituents is 1. The van der Waals surface area contributed by atoms with E-state index >= 15 is 0 Å². The summed E-state index contributed by atoms with van der Waals surface area (Å²) in [5, 5.41) is 16.2. The van der Waals surface area contributed by atoms with E-state index in [0.29, 0.717) is 16.8 Å². The average Bonchev–Trinajstić information content (AvgIpc) is 2.88. The predicted octanol–water partition coefficient (Wildman–Crippen LogP) is 1.32. The molecule has 2 N–H and O–H groups in total. The summed E-state index contributed by atoms with van der Waals surface area (Å²) in [6, 6.07) is 4.72. The molecule has 0 fully saturated rings. The van der Waals surface area contributed by atoms with Crippen LogP contribution in [0.2, 0.25) is 0 Å². The first-order valence-corrected chi connectivity index (χ1v) is 6.20. The summed E-state index contributed by atoms with van der Waals surface area (Å²) >= 11 is 0. The maximum Gasteiger partial charge on any atom is 0.327 e. The molecule has 0 saturated heterocycles. The summed E-state index contributed by atoms with van der Waals surface area (Å²) in [7, 11) is 1.29. The smallest absolute Gasteiger partial charge is 0.327 e. The van der Waals surface area contributed by atoms with Crippen molar-refractivity contribution in [2.45, 2.75) is 13.5 Å². The fourth-order valence-corrected chi connectivity index (χ4v) is 1.78. The van der Waals surface area contributed by atoms with Crippen molar-refractivity contribution in [1.29, 1.82) is 0 Å². The second-order valence-corrected chi connectivity index (χ2v) is 4.41. The monoisotopic (exact) mass is 289 g/mol. The Balaban J connectivity index is 2.09. The number of phenols is 1. The van der Waals surface area contributed by atoms with E-state index in [1.54, 1.807) is 19.1 Å². The van der Waals surface area contributed by atoms with Crippen LogP contribution < -0.4 is 5.32 Å². The third kappa shape index (κ3) is 3.38. The molecule has 1 heterocycles. The molecule has 0 saturated carbocycles. The van der Waals surface area contributed by atoms with Crippen molar-refractivity contribution < 1.29 is 19.4 Å². The fourth-order valence-electron chi connectivity index (χ4n) is 1.78. The molecule has 7 heteroatoms. The molecule has 21 heavy (non-hydrogen) atoms. The summed E-state index contributed by atoms with van der Waals surface area (Å²) in [6.45, 7) is 1.63. The molecule has 0 aliphatic rings. The number of hydrogen-bond acceptors (Lipinski definition) is 5. The number of amides is 1. The van der Waals surface area contributed by atoms with E-state index in [1.165, 1.54) is 30.3 Å². The minimum Gasteiger partial charge on any atom is -0.508 e. The Morgan fingerprint density at radius 2 is 2.19 bits per heavy atom. The van der Waals surface area contributed by atoms with Crippen molar-refractivity contribution in [3.63, 3.8) is 0 Å². The minimum absolute atomic E-state index is 0.0302. The third-order valence-electron chi connectivity index (χ3n) is 2.96. The van der Waals surface area contributed by atoms with Gasteiger partial charge in [-0.2, -0.15) is 5.10 Å². The highest BCUT2D eigenvalue weighted by atomic mass is 16.5. The number of esters is 1. The lowest BCUT2D eigenvalue weighted by atomic mass is 10.1. The zero-order valence-electron chi connectivity index (χ0n) is 11.7. The first-order chi connectivity index (χ1) is 10.0. The van der Waals surface area contributed by atoms with Crippen LogP contribution in [0.3, 0.4) is 0 Å². The Bertz CT molecular complexity index is 679. The molecule has 0 bridgehead atoms. The molecule has 1 aromatic heterocycles. The largest absolute Gasteiger partial charge is 0.508 e. The maximum absolute atomic E-state index is 12.1. The van der Waals surface area contributed by atoms with Gasteiger partial charge in [-0.15, -0.1) is 0 Å². The van der Waals surface area contributed by atoms with Gasteiger partial charge in [-0.3, -0.25) is 14.3 Å². The van der Waals surface area contributed by atoms with Gasteiger partial charge in [0.25, 0.3) is 5.91 Å². The van der Waals surface area contributed by atoms with Gasteiger partial charge < -0.3 is 15.2 Å². The van der Waals surface area contributed by atoms with Crippen molar-refractivity contribution in [3.8, 4) is 5.75 Å². The second kappa shape index (κ2) is 6.08. The van der Waals surface area contributed by atoms with Gasteiger partial charge in [0.2, 0.25) is 0 Å². The number of aromatic hydroxyl groups is 1. The molecule has 2 rings (SSSR count).